The monoisotopic (exact) mass is 293 g/mol. The van der Waals surface area contributed by atoms with Gasteiger partial charge in [-0.2, -0.15) is 0 Å². The molecule has 1 unspecified atom stereocenters. The molecule has 0 bridgehead atoms. The molecular weight excluding hydrogens is 274 g/mol. The third kappa shape index (κ3) is 3.55. The second-order valence-electron chi connectivity index (χ2n) is 5.57. The molecule has 22 heavy (non-hydrogen) atoms. The van der Waals surface area contributed by atoms with Gasteiger partial charge >= 0.3 is 0 Å². The highest BCUT2D eigenvalue weighted by molar-refractivity contribution is 5.91. The Morgan fingerprint density at radius 3 is 2.77 bits per heavy atom. The van der Waals surface area contributed by atoms with Crippen molar-refractivity contribution in [3.05, 3.63) is 71.3 Å². The molecule has 0 spiro atoms. The Hall–Kier alpha value is -2.55. The largest absolute Gasteiger partial charge is 0.491 e. The molecule has 3 heteroatoms. The predicted octanol–water partition coefficient (Wildman–Crippen LogP) is 3.13. The molecule has 0 aliphatic carbocycles. The van der Waals surface area contributed by atoms with E-state index in [4.69, 9.17) is 4.74 Å². The summed E-state index contributed by atoms with van der Waals surface area (Å²) in [6.45, 7) is 2.56. The number of rotatable bonds is 3. The van der Waals surface area contributed by atoms with Gasteiger partial charge in [-0.05, 0) is 36.6 Å². The minimum Gasteiger partial charge on any atom is -0.491 e. The highest BCUT2D eigenvalue weighted by Gasteiger charge is 2.20. The average molecular weight is 293 g/mol. The van der Waals surface area contributed by atoms with Gasteiger partial charge in [-0.15, -0.1) is 0 Å². The van der Waals surface area contributed by atoms with Crippen LogP contribution >= 0.6 is 0 Å². The number of benzene rings is 2. The van der Waals surface area contributed by atoms with E-state index in [-0.39, 0.29) is 11.9 Å². The minimum atomic E-state index is -0.0893. The molecule has 0 aromatic heterocycles. The van der Waals surface area contributed by atoms with Crippen molar-refractivity contribution in [2.45, 2.75) is 19.4 Å². The maximum Gasteiger partial charge on any atom is 0.244 e. The first kappa shape index (κ1) is 14.4. The van der Waals surface area contributed by atoms with Gasteiger partial charge in [-0.25, -0.2) is 0 Å². The van der Waals surface area contributed by atoms with Gasteiger partial charge in [0.05, 0.1) is 6.04 Å². The van der Waals surface area contributed by atoms with Gasteiger partial charge in [0.1, 0.15) is 12.4 Å². The van der Waals surface area contributed by atoms with Crippen molar-refractivity contribution in [2.75, 3.05) is 6.61 Å². The highest BCUT2D eigenvalue weighted by Crippen LogP contribution is 2.23. The first-order valence-corrected chi connectivity index (χ1v) is 7.47. The van der Waals surface area contributed by atoms with Crippen molar-refractivity contribution in [3.63, 3.8) is 0 Å². The van der Waals surface area contributed by atoms with Gasteiger partial charge in [0.15, 0.2) is 0 Å². The highest BCUT2D eigenvalue weighted by atomic mass is 16.5. The Kier molecular flexibility index (Phi) is 4.24. The van der Waals surface area contributed by atoms with Gasteiger partial charge in [0, 0.05) is 6.08 Å². The van der Waals surface area contributed by atoms with Gasteiger partial charge in [0.2, 0.25) is 5.91 Å². The number of fused-ring (bicyclic) bond motifs is 1. The zero-order valence-electron chi connectivity index (χ0n) is 12.6. The summed E-state index contributed by atoms with van der Waals surface area (Å²) in [4.78, 5) is 12.0. The van der Waals surface area contributed by atoms with E-state index in [0.29, 0.717) is 6.61 Å². The molecule has 0 saturated heterocycles. The van der Waals surface area contributed by atoms with Crippen LogP contribution in [0.25, 0.3) is 6.08 Å². The van der Waals surface area contributed by atoms with E-state index < -0.39 is 0 Å². The number of para-hydroxylation sites is 1. The van der Waals surface area contributed by atoms with Gasteiger partial charge < -0.3 is 10.1 Å². The lowest BCUT2D eigenvalue weighted by atomic mass is 10.0. The molecule has 112 valence electrons. The SMILES string of the molecule is Cc1ccc(/C=C/C(=O)NC2COc3ccccc3C2)cc1. The summed E-state index contributed by atoms with van der Waals surface area (Å²) >= 11 is 0. The number of hydrogen-bond acceptors (Lipinski definition) is 2. The predicted molar refractivity (Wildman–Crippen MR) is 87.8 cm³/mol. The molecule has 1 heterocycles. The third-order valence-electron chi connectivity index (χ3n) is 3.73. The van der Waals surface area contributed by atoms with E-state index in [1.807, 2.05) is 61.5 Å². The molecule has 2 aromatic carbocycles. The van der Waals surface area contributed by atoms with Crippen LogP contribution in [-0.2, 0) is 11.2 Å². The smallest absolute Gasteiger partial charge is 0.244 e. The normalized spacial score (nSPS) is 16.9. The summed E-state index contributed by atoms with van der Waals surface area (Å²) in [6.07, 6.45) is 4.21. The molecule has 3 rings (SSSR count). The van der Waals surface area contributed by atoms with Crippen LogP contribution in [0.5, 0.6) is 5.75 Å². The maximum absolute atomic E-state index is 12.0. The number of ether oxygens (including phenoxy) is 1. The molecule has 3 nitrogen and oxygen atoms in total. The van der Waals surface area contributed by atoms with E-state index >= 15 is 0 Å². The fraction of sp³-hybridized carbons (Fsp3) is 0.211. The van der Waals surface area contributed by atoms with E-state index in [2.05, 4.69) is 5.32 Å². The van der Waals surface area contributed by atoms with Crippen molar-refractivity contribution < 1.29 is 9.53 Å². The molecule has 0 radical (unpaired) electrons. The fourth-order valence-corrected chi connectivity index (χ4v) is 2.52. The summed E-state index contributed by atoms with van der Waals surface area (Å²) in [5.41, 5.74) is 3.37. The van der Waals surface area contributed by atoms with Crippen LogP contribution in [-0.4, -0.2) is 18.6 Å². The molecular formula is C19H19NO2. The number of carbonyl (C=O) groups excluding carboxylic acids is 1. The summed E-state index contributed by atoms with van der Waals surface area (Å²) in [5.74, 6) is 0.830. The standard InChI is InChI=1S/C19H19NO2/c1-14-6-8-15(9-7-14)10-11-19(21)20-17-12-16-4-2-3-5-18(16)22-13-17/h2-11,17H,12-13H2,1H3,(H,20,21)/b11-10+. The van der Waals surface area contributed by atoms with Crippen LogP contribution < -0.4 is 10.1 Å². The molecule has 1 aliphatic heterocycles. The van der Waals surface area contributed by atoms with E-state index in [1.165, 1.54) is 5.56 Å². The lowest BCUT2D eigenvalue weighted by Crippen LogP contribution is -2.42. The Labute approximate surface area is 130 Å². The lowest BCUT2D eigenvalue weighted by Gasteiger charge is -2.25. The Morgan fingerprint density at radius 2 is 1.95 bits per heavy atom. The molecule has 2 aromatic rings. The van der Waals surface area contributed by atoms with Crippen LogP contribution in [0.15, 0.2) is 54.6 Å². The van der Waals surface area contributed by atoms with Crippen molar-refractivity contribution in [2.24, 2.45) is 0 Å². The average Bonchev–Trinajstić information content (AvgIpc) is 2.54. The van der Waals surface area contributed by atoms with Crippen molar-refractivity contribution in [1.82, 2.24) is 5.32 Å². The van der Waals surface area contributed by atoms with Gasteiger partial charge in [0.25, 0.3) is 0 Å². The van der Waals surface area contributed by atoms with E-state index in [0.717, 1.165) is 23.3 Å². The van der Waals surface area contributed by atoms with Crippen molar-refractivity contribution in [1.29, 1.82) is 0 Å². The third-order valence-corrected chi connectivity index (χ3v) is 3.73. The van der Waals surface area contributed by atoms with Gasteiger partial charge in [-0.3, -0.25) is 4.79 Å². The first-order valence-electron chi connectivity index (χ1n) is 7.47. The number of nitrogens with one attached hydrogen (secondary N) is 1. The number of hydrogen-bond donors (Lipinski definition) is 1. The molecule has 1 amide bonds. The molecule has 0 fully saturated rings. The lowest BCUT2D eigenvalue weighted by molar-refractivity contribution is -0.117. The van der Waals surface area contributed by atoms with Gasteiger partial charge in [-0.1, -0.05) is 48.0 Å². The topological polar surface area (TPSA) is 38.3 Å². The van der Waals surface area contributed by atoms with E-state index in [1.54, 1.807) is 6.08 Å². The molecule has 0 saturated carbocycles. The fourth-order valence-electron chi connectivity index (χ4n) is 2.52. The number of amides is 1. The molecule has 1 atom stereocenters. The van der Waals surface area contributed by atoms with Crippen LogP contribution in [0.2, 0.25) is 0 Å². The maximum atomic E-state index is 12.0. The summed E-state index contributed by atoms with van der Waals surface area (Å²) in [7, 11) is 0. The molecule has 1 N–H and O–H groups in total. The molecule has 1 aliphatic rings. The number of aryl methyl sites for hydroxylation is 1. The Morgan fingerprint density at radius 1 is 1.18 bits per heavy atom. The van der Waals surface area contributed by atoms with E-state index in [9.17, 15) is 4.79 Å². The summed E-state index contributed by atoms with van der Waals surface area (Å²) in [6, 6.07) is 16.0. The van der Waals surface area contributed by atoms with Crippen LogP contribution in [0.3, 0.4) is 0 Å². The van der Waals surface area contributed by atoms with Crippen LogP contribution in [0.4, 0.5) is 0 Å². The zero-order valence-corrected chi connectivity index (χ0v) is 12.6. The first-order chi connectivity index (χ1) is 10.7. The zero-order chi connectivity index (χ0) is 15.4. The number of carbonyl (C=O) groups is 1. The van der Waals surface area contributed by atoms with Crippen LogP contribution in [0.1, 0.15) is 16.7 Å². The summed E-state index contributed by atoms with van der Waals surface area (Å²) < 4.78 is 5.67. The van der Waals surface area contributed by atoms with Crippen molar-refractivity contribution in [3.8, 4) is 5.75 Å². The summed E-state index contributed by atoms with van der Waals surface area (Å²) in [5, 5.41) is 2.99. The second-order valence-corrected chi connectivity index (χ2v) is 5.57. The Balaban J connectivity index is 1.57. The van der Waals surface area contributed by atoms with Crippen LogP contribution in [0, 0.1) is 6.92 Å². The Bertz CT molecular complexity index is 689. The minimum absolute atomic E-state index is 0.0186. The second kappa shape index (κ2) is 6.48. The van der Waals surface area contributed by atoms with Crippen molar-refractivity contribution >= 4 is 12.0 Å². The quantitative estimate of drug-likeness (QED) is 0.883.